The second-order valence-electron chi connectivity index (χ2n) is 7.93. The molecule has 1 amide bonds. The van der Waals surface area contributed by atoms with Crippen molar-refractivity contribution in [1.82, 2.24) is 18.8 Å². The van der Waals surface area contributed by atoms with Crippen LogP contribution in [0.15, 0.2) is 52.4 Å². The molecule has 2 aliphatic heterocycles. The van der Waals surface area contributed by atoms with E-state index < -0.39 is 21.4 Å². The fraction of sp³-hybridized carbons (Fsp3) is 0.318. The Morgan fingerprint density at radius 2 is 1.74 bits per heavy atom. The molecule has 0 N–H and O–H groups in total. The van der Waals surface area contributed by atoms with Crippen LogP contribution in [0.3, 0.4) is 0 Å². The largest absolute Gasteiger partial charge is 0.486 e. The van der Waals surface area contributed by atoms with E-state index in [1.807, 2.05) is 0 Å². The summed E-state index contributed by atoms with van der Waals surface area (Å²) in [4.78, 5) is 31.1. The van der Waals surface area contributed by atoms with Crippen molar-refractivity contribution < 1.29 is 27.1 Å². The highest BCUT2D eigenvalue weighted by atomic mass is 32.2. The highest BCUT2D eigenvalue weighted by Crippen LogP contribution is 2.33. The van der Waals surface area contributed by atoms with Gasteiger partial charge in [0, 0.05) is 38.3 Å². The Balaban J connectivity index is 1.26. The molecule has 10 nitrogen and oxygen atoms in total. The van der Waals surface area contributed by atoms with Crippen molar-refractivity contribution in [1.29, 1.82) is 0 Å². The molecular weight excluding hydrogens is 467 g/mol. The third-order valence-electron chi connectivity index (χ3n) is 5.84. The summed E-state index contributed by atoms with van der Waals surface area (Å²) in [6, 6.07) is 8.16. The predicted octanol–water partition coefficient (Wildman–Crippen LogP) is 0.840. The summed E-state index contributed by atoms with van der Waals surface area (Å²) in [7, 11) is -3.77. The smallest absolute Gasteiger partial charge is 0.261 e. The molecule has 0 radical (unpaired) electrons. The van der Waals surface area contributed by atoms with E-state index in [0.29, 0.717) is 24.7 Å². The molecule has 0 unspecified atom stereocenters. The van der Waals surface area contributed by atoms with Gasteiger partial charge in [0.15, 0.2) is 11.5 Å². The Morgan fingerprint density at radius 1 is 1.00 bits per heavy atom. The van der Waals surface area contributed by atoms with Crippen LogP contribution >= 0.6 is 0 Å². The summed E-state index contributed by atoms with van der Waals surface area (Å²) in [6.07, 6.45) is 1.21. The van der Waals surface area contributed by atoms with E-state index in [2.05, 4.69) is 4.98 Å². The number of halogens is 1. The van der Waals surface area contributed by atoms with Crippen LogP contribution in [-0.4, -0.2) is 72.5 Å². The van der Waals surface area contributed by atoms with Crippen LogP contribution in [0.25, 0.3) is 10.9 Å². The molecule has 5 rings (SSSR count). The number of hydrogen-bond donors (Lipinski definition) is 0. The number of hydrogen-bond acceptors (Lipinski definition) is 7. The summed E-state index contributed by atoms with van der Waals surface area (Å²) in [6.45, 7) is 1.12. The topological polar surface area (TPSA) is 111 Å². The average molecular weight is 488 g/mol. The number of ether oxygens (including phenoxy) is 2. The Bertz CT molecular complexity index is 1430. The molecule has 178 valence electrons. The molecule has 1 saturated heterocycles. The van der Waals surface area contributed by atoms with Gasteiger partial charge >= 0.3 is 0 Å². The lowest BCUT2D eigenvalue weighted by molar-refractivity contribution is -0.133. The summed E-state index contributed by atoms with van der Waals surface area (Å²) in [5.41, 5.74) is -0.232. The molecule has 0 saturated carbocycles. The number of rotatable bonds is 4. The minimum absolute atomic E-state index is 0.0988. The standard InChI is InChI=1S/C22H21FN4O6S/c23-15-1-3-17-18(11-15)24-14-26(22(17)29)13-21(28)25-5-7-27(8-6-25)34(30,31)16-2-4-19-20(12-16)33-10-9-32-19/h1-4,11-12,14H,5-10,13H2. The molecule has 0 spiro atoms. The van der Waals surface area contributed by atoms with Crippen molar-refractivity contribution in [2.45, 2.75) is 11.4 Å². The number of fused-ring (bicyclic) bond motifs is 2. The zero-order valence-corrected chi connectivity index (χ0v) is 18.8. The Morgan fingerprint density at radius 3 is 2.50 bits per heavy atom. The van der Waals surface area contributed by atoms with E-state index in [1.165, 1.54) is 44.4 Å². The lowest BCUT2D eigenvalue weighted by Gasteiger charge is -2.34. The van der Waals surface area contributed by atoms with Gasteiger partial charge in [0.25, 0.3) is 5.56 Å². The first-order chi connectivity index (χ1) is 16.3. The maximum Gasteiger partial charge on any atom is 0.261 e. The normalized spacial score (nSPS) is 16.6. The third kappa shape index (κ3) is 4.10. The van der Waals surface area contributed by atoms with Crippen LogP contribution in [0.2, 0.25) is 0 Å². The van der Waals surface area contributed by atoms with Gasteiger partial charge in [-0.1, -0.05) is 0 Å². The fourth-order valence-electron chi connectivity index (χ4n) is 4.00. The fourth-order valence-corrected chi connectivity index (χ4v) is 5.44. The molecule has 1 fully saturated rings. The molecule has 3 aromatic rings. The van der Waals surface area contributed by atoms with Gasteiger partial charge in [0.1, 0.15) is 25.6 Å². The van der Waals surface area contributed by atoms with Crippen LogP contribution < -0.4 is 15.0 Å². The van der Waals surface area contributed by atoms with Crippen molar-refractivity contribution in [2.75, 3.05) is 39.4 Å². The van der Waals surface area contributed by atoms with Gasteiger partial charge in [-0.2, -0.15) is 4.31 Å². The van der Waals surface area contributed by atoms with Crippen LogP contribution in [-0.2, 0) is 21.4 Å². The molecule has 34 heavy (non-hydrogen) atoms. The van der Waals surface area contributed by atoms with E-state index >= 15 is 0 Å². The summed E-state index contributed by atoms with van der Waals surface area (Å²) < 4.78 is 52.9. The van der Waals surface area contributed by atoms with E-state index in [9.17, 15) is 22.4 Å². The van der Waals surface area contributed by atoms with Gasteiger partial charge in [-0.3, -0.25) is 14.2 Å². The van der Waals surface area contributed by atoms with Crippen LogP contribution in [0.5, 0.6) is 11.5 Å². The predicted molar refractivity (Wildman–Crippen MR) is 119 cm³/mol. The minimum Gasteiger partial charge on any atom is -0.486 e. The summed E-state index contributed by atoms with van der Waals surface area (Å²) >= 11 is 0. The first-order valence-electron chi connectivity index (χ1n) is 10.7. The van der Waals surface area contributed by atoms with E-state index in [1.54, 1.807) is 6.07 Å². The zero-order chi connectivity index (χ0) is 23.9. The number of sulfonamides is 1. The van der Waals surface area contributed by atoms with Gasteiger partial charge in [0.2, 0.25) is 15.9 Å². The van der Waals surface area contributed by atoms with Crippen LogP contribution in [0.1, 0.15) is 0 Å². The third-order valence-corrected chi connectivity index (χ3v) is 7.73. The van der Waals surface area contributed by atoms with Crippen molar-refractivity contribution in [3.8, 4) is 11.5 Å². The highest BCUT2D eigenvalue weighted by molar-refractivity contribution is 7.89. The molecule has 0 bridgehead atoms. The van der Waals surface area contributed by atoms with E-state index in [0.717, 1.165) is 6.07 Å². The average Bonchev–Trinajstić information content (AvgIpc) is 2.85. The number of carbonyl (C=O) groups excluding carboxylic acids is 1. The van der Waals surface area contributed by atoms with Crippen LogP contribution in [0, 0.1) is 5.82 Å². The summed E-state index contributed by atoms with van der Waals surface area (Å²) in [5.74, 6) is 0.0570. The van der Waals surface area contributed by atoms with Gasteiger partial charge in [-0.05, 0) is 24.3 Å². The van der Waals surface area contributed by atoms with Gasteiger partial charge in [-0.15, -0.1) is 0 Å². The van der Waals surface area contributed by atoms with E-state index in [-0.39, 0.29) is 54.4 Å². The number of nitrogens with zero attached hydrogens (tertiary/aromatic N) is 4. The number of benzene rings is 2. The first kappa shape index (κ1) is 22.3. The minimum atomic E-state index is -3.77. The molecular formula is C22H21FN4O6S. The molecule has 0 aliphatic carbocycles. The quantitative estimate of drug-likeness (QED) is 0.535. The number of piperazine rings is 1. The molecule has 3 heterocycles. The second kappa shape index (κ2) is 8.69. The number of carbonyl (C=O) groups is 1. The van der Waals surface area contributed by atoms with Crippen molar-refractivity contribution in [2.24, 2.45) is 0 Å². The Kier molecular flexibility index (Phi) is 5.70. The lowest BCUT2D eigenvalue weighted by atomic mass is 10.2. The SMILES string of the molecule is O=C(Cn1cnc2cc(F)ccc2c1=O)N1CCN(S(=O)(=O)c2ccc3c(c2)OCCO3)CC1. The molecule has 0 atom stereocenters. The first-order valence-corrected chi connectivity index (χ1v) is 12.1. The lowest BCUT2D eigenvalue weighted by Crippen LogP contribution is -2.51. The Hall–Kier alpha value is -3.51. The zero-order valence-electron chi connectivity index (χ0n) is 18.0. The number of amides is 1. The highest BCUT2D eigenvalue weighted by Gasteiger charge is 2.31. The van der Waals surface area contributed by atoms with Gasteiger partial charge < -0.3 is 14.4 Å². The van der Waals surface area contributed by atoms with Gasteiger partial charge in [-0.25, -0.2) is 17.8 Å². The van der Waals surface area contributed by atoms with Crippen LogP contribution in [0.4, 0.5) is 4.39 Å². The second-order valence-corrected chi connectivity index (χ2v) is 9.87. The monoisotopic (exact) mass is 488 g/mol. The molecule has 12 heteroatoms. The Labute approximate surface area is 194 Å². The number of aromatic nitrogens is 2. The molecule has 2 aromatic carbocycles. The van der Waals surface area contributed by atoms with Crippen molar-refractivity contribution in [3.05, 3.63) is 58.9 Å². The van der Waals surface area contributed by atoms with Crippen molar-refractivity contribution in [3.63, 3.8) is 0 Å². The maximum absolute atomic E-state index is 13.4. The van der Waals surface area contributed by atoms with Gasteiger partial charge in [0.05, 0.1) is 22.1 Å². The summed E-state index contributed by atoms with van der Waals surface area (Å²) in [5, 5.41) is 0.215. The molecule has 1 aromatic heterocycles. The van der Waals surface area contributed by atoms with Crippen molar-refractivity contribution >= 4 is 26.8 Å². The van der Waals surface area contributed by atoms with E-state index in [4.69, 9.17) is 9.47 Å². The molecule has 2 aliphatic rings. The maximum atomic E-state index is 13.4.